The van der Waals surface area contributed by atoms with Crippen LogP contribution in [0.3, 0.4) is 0 Å². The second-order valence-electron chi connectivity index (χ2n) is 6.55. The van der Waals surface area contributed by atoms with Gasteiger partial charge in [-0.25, -0.2) is 5.10 Å². The van der Waals surface area contributed by atoms with E-state index in [2.05, 4.69) is 37.2 Å². The van der Waals surface area contributed by atoms with Gasteiger partial charge in [0.1, 0.15) is 11.2 Å². The number of amidine groups is 1. The summed E-state index contributed by atoms with van der Waals surface area (Å²) >= 11 is 2.96. The SMILES string of the molecule is Cc1cccc(N2C(=O)/C(=C3/Sc4ccccc4N3C)SC2=Nc2ncn[nH]2)c1. The molecule has 1 N–H and O–H groups in total. The first-order chi connectivity index (χ1) is 14.1. The number of rotatable bonds is 2. The number of H-pyrrole nitrogens is 1. The summed E-state index contributed by atoms with van der Waals surface area (Å²) in [4.78, 5) is 27.6. The molecule has 0 unspecified atom stereocenters. The first kappa shape index (κ1) is 18.0. The molecule has 9 heteroatoms. The van der Waals surface area contributed by atoms with E-state index < -0.39 is 0 Å². The van der Waals surface area contributed by atoms with Crippen LogP contribution in [-0.4, -0.2) is 33.3 Å². The smallest absolute Gasteiger partial charge is 0.274 e. The highest BCUT2D eigenvalue weighted by molar-refractivity contribution is 8.20. The predicted molar refractivity (Wildman–Crippen MR) is 117 cm³/mol. The molecule has 0 atom stereocenters. The first-order valence-corrected chi connectivity index (χ1v) is 10.5. The van der Waals surface area contributed by atoms with Crippen LogP contribution in [0.5, 0.6) is 0 Å². The number of nitrogens with one attached hydrogen (secondary N) is 1. The topological polar surface area (TPSA) is 77.5 Å². The number of nitrogens with zero attached hydrogens (tertiary/aromatic N) is 5. The van der Waals surface area contributed by atoms with Gasteiger partial charge in [0, 0.05) is 11.9 Å². The van der Waals surface area contributed by atoms with E-state index in [0.29, 0.717) is 16.0 Å². The first-order valence-electron chi connectivity index (χ1n) is 8.90. The standard InChI is InChI=1S/C20H16N6OS2/c1-12-6-5-7-13(10-12)26-17(27)16(29-20(26)23-19-21-11-22-24-19)18-25(2)14-8-3-4-9-15(14)28-18/h3-11H,1-2H3,(H,21,22,24)/b18-16-,23-20?. The summed E-state index contributed by atoms with van der Waals surface area (Å²) in [5.74, 6) is 0.265. The summed E-state index contributed by atoms with van der Waals surface area (Å²) in [7, 11) is 1.98. The highest BCUT2D eigenvalue weighted by Gasteiger charge is 2.40. The van der Waals surface area contributed by atoms with E-state index >= 15 is 0 Å². The van der Waals surface area contributed by atoms with E-state index in [9.17, 15) is 4.79 Å². The molecule has 0 bridgehead atoms. The van der Waals surface area contributed by atoms with Crippen LogP contribution < -0.4 is 9.80 Å². The Hall–Kier alpha value is -3.04. The molecular formula is C20H16N6OS2. The highest BCUT2D eigenvalue weighted by atomic mass is 32.2. The van der Waals surface area contributed by atoms with Crippen LogP contribution in [0.1, 0.15) is 5.56 Å². The van der Waals surface area contributed by atoms with Gasteiger partial charge in [0.25, 0.3) is 5.91 Å². The molecule has 1 saturated heterocycles. The number of anilines is 2. The number of aliphatic imine (C=N–C) groups is 1. The van der Waals surface area contributed by atoms with E-state index in [4.69, 9.17) is 0 Å². The molecule has 2 aliphatic heterocycles. The number of benzene rings is 2. The van der Waals surface area contributed by atoms with Gasteiger partial charge in [-0.15, -0.1) is 0 Å². The molecule has 5 rings (SSSR count). The van der Waals surface area contributed by atoms with Gasteiger partial charge >= 0.3 is 0 Å². The lowest BCUT2D eigenvalue weighted by Gasteiger charge is -2.17. The van der Waals surface area contributed by atoms with Crippen molar-refractivity contribution in [1.82, 2.24) is 15.2 Å². The number of amides is 1. The average molecular weight is 421 g/mol. The van der Waals surface area contributed by atoms with Crippen molar-refractivity contribution in [2.24, 2.45) is 4.99 Å². The van der Waals surface area contributed by atoms with E-state index in [0.717, 1.165) is 26.9 Å². The quantitative estimate of drug-likeness (QED) is 0.623. The molecule has 0 spiro atoms. The zero-order valence-corrected chi connectivity index (χ0v) is 17.3. The molecular weight excluding hydrogens is 404 g/mol. The molecule has 2 aliphatic rings. The van der Waals surface area contributed by atoms with Gasteiger partial charge in [-0.1, -0.05) is 36.0 Å². The number of aryl methyl sites for hydroxylation is 1. The lowest BCUT2D eigenvalue weighted by atomic mass is 10.2. The molecule has 3 aromatic rings. The number of carbonyl (C=O) groups excluding carboxylic acids is 1. The lowest BCUT2D eigenvalue weighted by molar-refractivity contribution is -0.113. The number of aromatic nitrogens is 3. The normalized spacial score (nSPS) is 20.1. The fourth-order valence-corrected chi connectivity index (χ4v) is 5.54. The molecule has 1 fully saturated rings. The molecule has 7 nitrogen and oxygen atoms in total. The maximum atomic E-state index is 13.5. The van der Waals surface area contributed by atoms with Crippen LogP contribution in [0.2, 0.25) is 0 Å². The van der Waals surface area contributed by atoms with E-state index in [1.165, 1.54) is 18.1 Å². The molecule has 3 heterocycles. The van der Waals surface area contributed by atoms with Crippen LogP contribution in [0.4, 0.5) is 17.3 Å². The Morgan fingerprint density at radius 2 is 1.97 bits per heavy atom. The summed E-state index contributed by atoms with van der Waals surface area (Å²) in [5, 5.41) is 8.04. The van der Waals surface area contributed by atoms with Gasteiger partial charge < -0.3 is 4.90 Å². The summed E-state index contributed by atoms with van der Waals surface area (Å²) in [6.45, 7) is 2.00. The molecule has 1 aromatic heterocycles. The molecule has 1 amide bonds. The van der Waals surface area contributed by atoms with Gasteiger partial charge in [0.05, 0.1) is 16.4 Å². The van der Waals surface area contributed by atoms with E-state index in [1.807, 2.05) is 50.4 Å². The third kappa shape index (κ3) is 3.12. The predicted octanol–water partition coefficient (Wildman–Crippen LogP) is 4.29. The van der Waals surface area contributed by atoms with Crippen molar-refractivity contribution in [2.45, 2.75) is 11.8 Å². The summed E-state index contributed by atoms with van der Waals surface area (Å²) in [5.41, 5.74) is 2.94. The Bertz CT molecular complexity index is 1170. The highest BCUT2D eigenvalue weighted by Crippen LogP contribution is 2.50. The number of carbonyl (C=O) groups is 1. The average Bonchev–Trinajstić information content (AvgIpc) is 3.41. The maximum absolute atomic E-state index is 13.5. The summed E-state index contributed by atoms with van der Waals surface area (Å²) in [6, 6.07) is 16.0. The Labute approximate surface area is 175 Å². The Kier molecular flexibility index (Phi) is 4.40. The van der Waals surface area contributed by atoms with Crippen molar-refractivity contribution in [3.8, 4) is 0 Å². The number of hydrogen-bond acceptors (Lipinski definition) is 7. The molecule has 29 heavy (non-hydrogen) atoms. The molecule has 0 aliphatic carbocycles. The maximum Gasteiger partial charge on any atom is 0.274 e. The molecule has 144 valence electrons. The fourth-order valence-electron chi connectivity index (χ4n) is 3.22. The largest absolute Gasteiger partial charge is 0.337 e. The Morgan fingerprint density at radius 1 is 1.10 bits per heavy atom. The number of hydrogen-bond donors (Lipinski definition) is 1. The number of fused-ring (bicyclic) bond motifs is 1. The fraction of sp³-hybridized carbons (Fsp3) is 0.100. The molecule has 2 aromatic carbocycles. The third-order valence-electron chi connectivity index (χ3n) is 4.58. The van der Waals surface area contributed by atoms with Gasteiger partial charge in [-0.3, -0.25) is 9.69 Å². The Balaban J connectivity index is 1.62. The minimum absolute atomic E-state index is 0.0963. The zero-order valence-electron chi connectivity index (χ0n) is 15.7. The second kappa shape index (κ2) is 7.09. The van der Waals surface area contributed by atoms with Crippen LogP contribution in [0.25, 0.3) is 0 Å². The van der Waals surface area contributed by atoms with Crippen molar-refractivity contribution >= 4 is 51.9 Å². The van der Waals surface area contributed by atoms with Gasteiger partial charge in [0.2, 0.25) is 5.95 Å². The minimum atomic E-state index is -0.0963. The third-order valence-corrected chi connectivity index (χ3v) is 6.97. The minimum Gasteiger partial charge on any atom is -0.337 e. The van der Waals surface area contributed by atoms with Crippen molar-refractivity contribution < 1.29 is 4.79 Å². The van der Waals surface area contributed by atoms with Crippen molar-refractivity contribution in [2.75, 3.05) is 16.8 Å². The zero-order chi connectivity index (χ0) is 20.0. The molecule has 0 saturated carbocycles. The van der Waals surface area contributed by atoms with Crippen molar-refractivity contribution in [1.29, 1.82) is 0 Å². The van der Waals surface area contributed by atoms with E-state index in [1.54, 1.807) is 16.7 Å². The summed E-state index contributed by atoms with van der Waals surface area (Å²) < 4.78 is 0. The Morgan fingerprint density at radius 3 is 2.72 bits per heavy atom. The second-order valence-corrected chi connectivity index (χ2v) is 8.56. The van der Waals surface area contributed by atoms with E-state index in [-0.39, 0.29) is 5.91 Å². The van der Waals surface area contributed by atoms with Crippen LogP contribution >= 0.6 is 23.5 Å². The van der Waals surface area contributed by atoms with Gasteiger partial charge in [-0.05, 0) is 48.5 Å². The van der Waals surface area contributed by atoms with Crippen LogP contribution in [0, 0.1) is 6.92 Å². The lowest BCUT2D eigenvalue weighted by Crippen LogP contribution is -2.29. The monoisotopic (exact) mass is 420 g/mol. The number of para-hydroxylation sites is 1. The molecule has 0 radical (unpaired) electrons. The van der Waals surface area contributed by atoms with Crippen molar-refractivity contribution in [3.05, 3.63) is 70.4 Å². The van der Waals surface area contributed by atoms with Gasteiger partial charge in [-0.2, -0.15) is 15.1 Å². The van der Waals surface area contributed by atoms with Crippen molar-refractivity contribution in [3.63, 3.8) is 0 Å². The summed E-state index contributed by atoms with van der Waals surface area (Å²) in [6.07, 6.45) is 1.40. The van der Waals surface area contributed by atoms with Crippen LogP contribution in [0.15, 0.2) is 74.7 Å². The number of aromatic amines is 1. The van der Waals surface area contributed by atoms with Gasteiger partial charge in [0.15, 0.2) is 5.17 Å². The number of thioether (sulfide) groups is 2. The van der Waals surface area contributed by atoms with Crippen LogP contribution in [-0.2, 0) is 4.79 Å².